The monoisotopic (exact) mass is 450 g/mol. The lowest BCUT2D eigenvalue weighted by Gasteiger charge is -2.26. The van der Waals surface area contributed by atoms with Gasteiger partial charge in [0.05, 0.1) is 0 Å². The van der Waals surface area contributed by atoms with Gasteiger partial charge < -0.3 is 0 Å². The fourth-order valence-corrected chi connectivity index (χ4v) is 5.47. The molecule has 0 saturated heterocycles. The highest BCUT2D eigenvalue weighted by Crippen LogP contribution is 2.50. The zero-order valence-corrected chi connectivity index (χ0v) is 17.5. The van der Waals surface area contributed by atoms with Crippen LogP contribution in [-0.4, -0.2) is 0 Å². The van der Waals surface area contributed by atoms with Gasteiger partial charge in [0.1, 0.15) is 0 Å². The molecule has 0 saturated carbocycles. The molecule has 0 fully saturated rings. The van der Waals surface area contributed by atoms with Gasteiger partial charge >= 0.3 is 0 Å². The van der Waals surface area contributed by atoms with Gasteiger partial charge in [0.15, 0.2) is 0 Å². The van der Waals surface area contributed by atoms with Crippen molar-refractivity contribution in [3.05, 3.63) is 92.1 Å². The minimum Gasteiger partial charge on any atom is -0.0839 e. The summed E-state index contributed by atoms with van der Waals surface area (Å²) in [5, 5.41) is 0. The molecular weight excluding hydrogens is 427 g/mol. The van der Waals surface area contributed by atoms with Crippen molar-refractivity contribution in [1.82, 2.24) is 0 Å². The summed E-state index contributed by atoms with van der Waals surface area (Å²) in [6.07, 6.45) is 19.8. The van der Waals surface area contributed by atoms with E-state index in [1.165, 1.54) is 49.8 Å². The minimum absolute atomic E-state index is 0.122. The zero-order chi connectivity index (χ0) is 17.9. The van der Waals surface area contributed by atoms with Crippen LogP contribution in [0.25, 0.3) is 11.1 Å². The van der Waals surface area contributed by atoms with Gasteiger partial charge in [0.2, 0.25) is 0 Å². The van der Waals surface area contributed by atoms with E-state index in [9.17, 15) is 0 Å². The lowest BCUT2D eigenvalue weighted by atomic mass is 9.78. The van der Waals surface area contributed by atoms with E-state index in [1.807, 2.05) is 0 Å². The molecule has 0 heterocycles. The van der Waals surface area contributed by atoms with Crippen molar-refractivity contribution < 1.29 is 0 Å². The summed E-state index contributed by atoms with van der Waals surface area (Å²) in [4.78, 5) is 0. The van der Waals surface area contributed by atoms with Crippen LogP contribution in [0.3, 0.4) is 0 Å². The van der Waals surface area contributed by atoms with E-state index in [-0.39, 0.29) is 5.41 Å². The van der Waals surface area contributed by atoms with Crippen molar-refractivity contribution in [1.29, 1.82) is 0 Å². The lowest BCUT2D eigenvalue weighted by Crippen LogP contribution is -2.17. The topological polar surface area (TPSA) is 0 Å². The number of halogens is 1. The smallest absolute Gasteiger partial charge is 0.0155 e. The lowest BCUT2D eigenvalue weighted by molar-refractivity contribution is 0.651. The molecule has 1 heteroatoms. The molecule has 0 spiro atoms. The molecule has 0 aliphatic heterocycles. The molecule has 26 heavy (non-hydrogen) atoms. The first-order valence-corrected chi connectivity index (χ1v) is 10.6. The average Bonchev–Trinajstić information content (AvgIpc) is 2.89. The fraction of sp³-hybridized carbons (Fsp3) is 0.280. The highest BCUT2D eigenvalue weighted by Gasteiger charge is 2.37. The van der Waals surface area contributed by atoms with Crippen molar-refractivity contribution in [3.8, 4) is 0 Å². The van der Waals surface area contributed by atoms with Crippen LogP contribution in [0.5, 0.6) is 0 Å². The molecule has 0 amide bonds. The van der Waals surface area contributed by atoms with Crippen LogP contribution in [0.2, 0.25) is 0 Å². The van der Waals surface area contributed by atoms with Gasteiger partial charge in [0, 0.05) is 14.9 Å². The number of hydrogen-bond donors (Lipinski definition) is 0. The Labute approximate surface area is 169 Å². The standard InChI is InChI=1S/C25H23I/c1-25(2)23-6-4-3-5-21(23)22-12-10-19(15-24(22)25)16-7-8-18-14-20(26)11-9-17(18)13-16/h4,6-12,14-15,17H,3,5,13H2,1-2H3. The van der Waals surface area contributed by atoms with E-state index >= 15 is 0 Å². The molecule has 0 aromatic heterocycles. The summed E-state index contributed by atoms with van der Waals surface area (Å²) in [6.45, 7) is 4.77. The van der Waals surface area contributed by atoms with Crippen LogP contribution in [0.4, 0.5) is 0 Å². The maximum atomic E-state index is 2.47. The van der Waals surface area contributed by atoms with Crippen LogP contribution >= 0.6 is 22.6 Å². The van der Waals surface area contributed by atoms with Crippen LogP contribution in [0.15, 0.2) is 75.5 Å². The van der Waals surface area contributed by atoms with Crippen molar-refractivity contribution in [2.75, 3.05) is 0 Å². The van der Waals surface area contributed by atoms with Gasteiger partial charge in [-0.25, -0.2) is 0 Å². The molecule has 0 nitrogen and oxygen atoms in total. The molecule has 1 unspecified atom stereocenters. The third-order valence-electron chi connectivity index (χ3n) is 6.37. The molecule has 1 aromatic rings. The second-order valence-corrected chi connectivity index (χ2v) is 9.52. The van der Waals surface area contributed by atoms with Crippen LogP contribution < -0.4 is 0 Å². The molecule has 0 N–H and O–H groups in total. The fourth-order valence-electron chi connectivity index (χ4n) is 4.91. The van der Waals surface area contributed by atoms with E-state index in [4.69, 9.17) is 0 Å². The maximum absolute atomic E-state index is 2.47. The molecule has 0 radical (unpaired) electrons. The van der Waals surface area contributed by atoms with E-state index in [2.05, 4.69) is 97.2 Å². The summed E-state index contributed by atoms with van der Waals surface area (Å²) in [5.74, 6) is 0.532. The molecule has 0 bridgehead atoms. The van der Waals surface area contributed by atoms with E-state index in [0.717, 1.165) is 6.42 Å². The summed E-state index contributed by atoms with van der Waals surface area (Å²) in [7, 11) is 0. The Morgan fingerprint density at radius 3 is 2.88 bits per heavy atom. The van der Waals surface area contributed by atoms with Gasteiger partial charge in [0.25, 0.3) is 0 Å². The summed E-state index contributed by atoms with van der Waals surface area (Å²) in [5.41, 5.74) is 10.5. The van der Waals surface area contributed by atoms with Crippen molar-refractivity contribution in [2.45, 2.75) is 38.5 Å². The first-order chi connectivity index (χ1) is 12.5. The third kappa shape index (κ3) is 2.47. The Bertz CT molecular complexity index is 989. The van der Waals surface area contributed by atoms with E-state index in [0.29, 0.717) is 5.92 Å². The molecule has 4 aliphatic rings. The molecule has 4 aliphatic carbocycles. The molecule has 1 atom stereocenters. The Morgan fingerprint density at radius 2 is 2.00 bits per heavy atom. The normalized spacial score (nSPS) is 25.2. The highest BCUT2D eigenvalue weighted by molar-refractivity contribution is 14.1. The number of fused-ring (bicyclic) bond motifs is 3. The number of allylic oxidation sites excluding steroid dienone is 12. The minimum atomic E-state index is 0.122. The van der Waals surface area contributed by atoms with Crippen LogP contribution in [0.1, 0.15) is 49.8 Å². The summed E-state index contributed by atoms with van der Waals surface area (Å²) >= 11 is 2.40. The number of hydrogen-bond acceptors (Lipinski definition) is 0. The maximum Gasteiger partial charge on any atom is 0.0155 e. The first-order valence-electron chi connectivity index (χ1n) is 9.55. The number of benzene rings is 1. The predicted octanol–water partition coefficient (Wildman–Crippen LogP) is 7.30. The van der Waals surface area contributed by atoms with Crippen molar-refractivity contribution in [2.24, 2.45) is 5.92 Å². The largest absolute Gasteiger partial charge is 0.0839 e. The Kier molecular flexibility index (Phi) is 3.79. The SMILES string of the molecule is CC1(C)C2=C(CCC=C2)c2ccc(C3=CC=C4C=C(I)C=CC4C3)cc21. The van der Waals surface area contributed by atoms with Crippen LogP contribution in [-0.2, 0) is 5.41 Å². The van der Waals surface area contributed by atoms with E-state index < -0.39 is 0 Å². The molecule has 5 rings (SSSR count). The second-order valence-electron chi connectivity index (χ2n) is 8.28. The molecule has 130 valence electrons. The van der Waals surface area contributed by atoms with Gasteiger partial charge in [-0.2, -0.15) is 0 Å². The molecular formula is C25H23I. The molecule has 1 aromatic carbocycles. The van der Waals surface area contributed by atoms with Gasteiger partial charge in [-0.05, 0) is 93.0 Å². The van der Waals surface area contributed by atoms with E-state index in [1.54, 1.807) is 5.57 Å². The quantitative estimate of drug-likeness (QED) is 0.394. The van der Waals surface area contributed by atoms with Crippen LogP contribution in [0, 0.1) is 5.92 Å². The average molecular weight is 450 g/mol. The Hall–Kier alpha value is -1.61. The zero-order valence-electron chi connectivity index (χ0n) is 15.4. The van der Waals surface area contributed by atoms with Gasteiger partial charge in [-0.1, -0.05) is 62.4 Å². The summed E-state index contributed by atoms with van der Waals surface area (Å²) < 4.78 is 1.32. The van der Waals surface area contributed by atoms with Crippen molar-refractivity contribution >= 4 is 33.7 Å². The summed E-state index contributed by atoms with van der Waals surface area (Å²) in [6, 6.07) is 7.20. The number of rotatable bonds is 1. The first kappa shape index (κ1) is 16.6. The Morgan fingerprint density at radius 1 is 1.12 bits per heavy atom. The predicted molar refractivity (Wildman–Crippen MR) is 120 cm³/mol. The highest BCUT2D eigenvalue weighted by atomic mass is 127. The Balaban J connectivity index is 1.55. The third-order valence-corrected chi connectivity index (χ3v) is 7.04. The second kappa shape index (κ2) is 5.95. The van der Waals surface area contributed by atoms with Crippen molar-refractivity contribution in [3.63, 3.8) is 0 Å². The van der Waals surface area contributed by atoms with Gasteiger partial charge in [-0.15, -0.1) is 0 Å². The van der Waals surface area contributed by atoms with Gasteiger partial charge in [-0.3, -0.25) is 0 Å².